The molecule has 0 saturated heterocycles. The zero-order valence-corrected chi connectivity index (χ0v) is 8.33. The van der Waals surface area contributed by atoms with Gasteiger partial charge in [0.15, 0.2) is 0 Å². The maximum Gasteiger partial charge on any atom is 0.310 e. The predicted octanol–water partition coefficient (Wildman–Crippen LogP) is 2.05. The smallest absolute Gasteiger partial charge is 0.310 e. The van der Waals surface area contributed by atoms with E-state index in [0.717, 1.165) is 0 Å². The molecule has 0 N–H and O–H groups in total. The molecule has 0 aliphatic carbocycles. The Morgan fingerprint density at radius 2 is 2.23 bits per heavy atom. The topological polar surface area (TPSA) is 50.1 Å². The zero-order valence-electron chi connectivity index (χ0n) is 8.33. The summed E-state index contributed by atoms with van der Waals surface area (Å²) in [6.07, 6.45) is 1.86. The minimum absolute atomic E-state index is 0.0858. The van der Waals surface area contributed by atoms with Gasteiger partial charge in [-0.25, -0.2) is 0 Å². The molecule has 3 heteroatoms. The van der Waals surface area contributed by atoms with Gasteiger partial charge >= 0.3 is 5.97 Å². The third kappa shape index (κ3) is 5.92. The van der Waals surface area contributed by atoms with E-state index in [-0.39, 0.29) is 18.3 Å². The fourth-order valence-corrected chi connectivity index (χ4v) is 0.906. The summed E-state index contributed by atoms with van der Waals surface area (Å²) in [5, 5.41) is 8.67. The van der Waals surface area contributed by atoms with E-state index in [1.165, 1.54) is 0 Å². The van der Waals surface area contributed by atoms with Gasteiger partial charge in [-0.3, -0.25) is 4.79 Å². The van der Waals surface area contributed by atoms with Gasteiger partial charge in [0.25, 0.3) is 0 Å². The first-order chi connectivity index (χ1) is 6.10. The van der Waals surface area contributed by atoms with Crippen molar-refractivity contribution >= 4 is 5.97 Å². The molecule has 0 aliphatic rings. The van der Waals surface area contributed by atoms with Crippen molar-refractivity contribution in [1.29, 1.82) is 5.26 Å². The molecule has 0 spiro atoms. The van der Waals surface area contributed by atoms with Crippen molar-refractivity contribution in [2.24, 2.45) is 5.92 Å². The highest BCUT2D eigenvalue weighted by Gasteiger charge is 2.06. The molecule has 0 rings (SSSR count). The maximum atomic E-state index is 11.0. The standard InChI is InChI=1S/C10H15NO2/c1-4-13-10(12)6-9(7-11)5-8(2)3/h5,8H,4,6H2,1-3H3/b9-5+. The highest BCUT2D eigenvalue weighted by atomic mass is 16.5. The van der Waals surface area contributed by atoms with Crippen LogP contribution in [0, 0.1) is 17.2 Å². The van der Waals surface area contributed by atoms with Gasteiger partial charge in [-0.15, -0.1) is 0 Å². The van der Waals surface area contributed by atoms with Crippen LogP contribution in [0.1, 0.15) is 27.2 Å². The van der Waals surface area contributed by atoms with Gasteiger partial charge in [0.05, 0.1) is 19.1 Å². The van der Waals surface area contributed by atoms with E-state index in [2.05, 4.69) is 0 Å². The van der Waals surface area contributed by atoms with Crippen LogP contribution in [-0.2, 0) is 9.53 Å². The lowest BCUT2D eigenvalue weighted by atomic mass is 10.1. The number of nitrogens with zero attached hydrogens (tertiary/aromatic N) is 1. The molecular weight excluding hydrogens is 166 g/mol. The summed E-state index contributed by atoms with van der Waals surface area (Å²) in [5.74, 6) is -0.0555. The summed E-state index contributed by atoms with van der Waals surface area (Å²) in [7, 11) is 0. The molecule has 0 aromatic carbocycles. The van der Waals surface area contributed by atoms with Crippen LogP contribution in [0.2, 0.25) is 0 Å². The summed E-state index contributed by atoms with van der Waals surface area (Å²) >= 11 is 0. The van der Waals surface area contributed by atoms with E-state index in [1.807, 2.05) is 19.9 Å². The molecule has 0 heterocycles. The van der Waals surface area contributed by atoms with Crippen LogP contribution in [0.5, 0.6) is 0 Å². The number of ether oxygens (including phenoxy) is 1. The van der Waals surface area contributed by atoms with E-state index < -0.39 is 0 Å². The van der Waals surface area contributed by atoms with E-state index in [1.54, 1.807) is 13.0 Å². The Hall–Kier alpha value is -1.30. The second-order valence-corrected chi connectivity index (χ2v) is 3.03. The van der Waals surface area contributed by atoms with Gasteiger partial charge in [-0.1, -0.05) is 19.9 Å². The third-order valence-electron chi connectivity index (χ3n) is 1.32. The molecule has 0 radical (unpaired) electrons. The number of carbonyl (C=O) groups is 1. The minimum atomic E-state index is -0.337. The number of nitriles is 1. The zero-order chi connectivity index (χ0) is 10.3. The van der Waals surface area contributed by atoms with Crippen molar-refractivity contribution in [3.05, 3.63) is 11.6 Å². The van der Waals surface area contributed by atoms with Gasteiger partial charge in [-0.2, -0.15) is 5.26 Å². The Bertz CT molecular complexity index is 236. The second kappa shape index (κ2) is 6.24. The van der Waals surface area contributed by atoms with Crippen molar-refractivity contribution in [3.63, 3.8) is 0 Å². The Labute approximate surface area is 79.0 Å². The highest BCUT2D eigenvalue weighted by molar-refractivity contribution is 5.73. The largest absolute Gasteiger partial charge is 0.466 e. The van der Waals surface area contributed by atoms with Crippen LogP contribution in [0.3, 0.4) is 0 Å². The molecule has 0 saturated carbocycles. The van der Waals surface area contributed by atoms with Crippen molar-refractivity contribution in [2.75, 3.05) is 6.61 Å². The summed E-state index contributed by atoms with van der Waals surface area (Å²) in [5.41, 5.74) is 0.480. The van der Waals surface area contributed by atoms with Crippen LogP contribution >= 0.6 is 0 Å². The van der Waals surface area contributed by atoms with Crippen LogP contribution < -0.4 is 0 Å². The third-order valence-corrected chi connectivity index (χ3v) is 1.32. The molecular formula is C10H15NO2. The molecule has 0 aliphatic heterocycles. The van der Waals surface area contributed by atoms with Crippen LogP contribution in [0.25, 0.3) is 0 Å². The van der Waals surface area contributed by atoms with Crippen LogP contribution in [-0.4, -0.2) is 12.6 Å². The molecule has 0 aromatic rings. The molecule has 0 fully saturated rings. The number of hydrogen-bond donors (Lipinski definition) is 0. The Kier molecular flexibility index (Phi) is 5.62. The molecule has 0 bridgehead atoms. The van der Waals surface area contributed by atoms with Crippen molar-refractivity contribution in [2.45, 2.75) is 27.2 Å². The number of rotatable bonds is 4. The quantitative estimate of drug-likeness (QED) is 0.492. The number of carbonyl (C=O) groups excluding carboxylic acids is 1. The Balaban J connectivity index is 4.15. The molecule has 0 unspecified atom stereocenters. The van der Waals surface area contributed by atoms with Gasteiger partial charge in [-0.05, 0) is 12.8 Å². The lowest BCUT2D eigenvalue weighted by molar-refractivity contribution is -0.142. The first-order valence-electron chi connectivity index (χ1n) is 4.36. The molecule has 3 nitrogen and oxygen atoms in total. The number of hydrogen-bond acceptors (Lipinski definition) is 3. The number of allylic oxidation sites excluding steroid dienone is 1. The van der Waals surface area contributed by atoms with Crippen LogP contribution in [0.15, 0.2) is 11.6 Å². The Morgan fingerprint density at radius 3 is 2.62 bits per heavy atom. The monoisotopic (exact) mass is 181 g/mol. The van der Waals surface area contributed by atoms with Gasteiger partial charge < -0.3 is 4.74 Å². The van der Waals surface area contributed by atoms with E-state index in [0.29, 0.717) is 12.2 Å². The average Bonchev–Trinajstić information content (AvgIpc) is 2.02. The lowest BCUT2D eigenvalue weighted by Gasteiger charge is -2.01. The van der Waals surface area contributed by atoms with Gasteiger partial charge in [0.1, 0.15) is 0 Å². The maximum absolute atomic E-state index is 11.0. The summed E-state index contributed by atoms with van der Waals surface area (Å²) in [6.45, 7) is 6.03. The van der Waals surface area contributed by atoms with Crippen molar-refractivity contribution in [1.82, 2.24) is 0 Å². The first-order valence-corrected chi connectivity index (χ1v) is 4.36. The normalized spacial score (nSPS) is 11.2. The second-order valence-electron chi connectivity index (χ2n) is 3.03. The van der Waals surface area contributed by atoms with Crippen LogP contribution in [0.4, 0.5) is 0 Å². The van der Waals surface area contributed by atoms with E-state index in [9.17, 15) is 4.79 Å². The van der Waals surface area contributed by atoms with Crippen molar-refractivity contribution < 1.29 is 9.53 Å². The predicted molar refractivity (Wildman–Crippen MR) is 49.8 cm³/mol. The molecule has 72 valence electrons. The molecule has 13 heavy (non-hydrogen) atoms. The molecule has 0 amide bonds. The first kappa shape index (κ1) is 11.7. The van der Waals surface area contributed by atoms with Crippen molar-refractivity contribution in [3.8, 4) is 6.07 Å². The highest BCUT2D eigenvalue weighted by Crippen LogP contribution is 2.06. The van der Waals surface area contributed by atoms with E-state index in [4.69, 9.17) is 10.00 Å². The average molecular weight is 181 g/mol. The summed E-state index contributed by atoms with van der Waals surface area (Å²) < 4.78 is 4.72. The minimum Gasteiger partial charge on any atom is -0.466 e. The van der Waals surface area contributed by atoms with Gasteiger partial charge in [0, 0.05) is 5.57 Å². The fourth-order valence-electron chi connectivity index (χ4n) is 0.906. The molecule has 0 atom stereocenters. The summed E-state index contributed by atoms with van der Waals surface area (Å²) in [4.78, 5) is 11.0. The SMILES string of the molecule is CCOC(=O)C/C(C#N)=C\C(C)C. The molecule has 0 aromatic heterocycles. The summed E-state index contributed by atoms with van der Waals surface area (Å²) in [6, 6.07) is 1.98. The Morgan fingerprint density at radius 1 is 1.62 bits per heavy atom. The van der Waals surface area contributed by atoms with Gasteiger partial charge in [0.2, 0.25) is 0 Å². The number of esters is 1. The van der Waals surface area contributed by atoms with E-state index >= 15 is 0 Å². The fraction of sp³-hybridized carbons (Fsp3) is 0.600. The lowest BCUT2D eigenvalue weighted by Crippen LogP contribution is -2.04.